The van der Waals surface area contributed by atoms with E-state index < -0.39 is 0 Å². The first kappa shape index (κ1) is 11.4. The van der Waals surface area contributed by atoms with Gasteiger partial charge >= 0.3 is 0 Å². The molecule has 1 aromatic carbocycles. The van der Waals surface area contributed by atoms with Crippen LogP contribution in [0.2, 0.25) is 0 Å². The van der Waals surface area contributed by atoms with Crippen LogP contribution in [0.25, 0.3) is 11.0 Å². The van der Waals surface area contributed by atoms with Gasteiger partial charge in [-0.15, -0.1) is 0 Å². The Kier molecular flexibility index (Phi) is 2.72. The fraction of sp³-hybridized carbons (Fsp3) is 0.0714. The van der Waals surface area contributed by atoms with Crippen LogP contribution in [-0.2, 0) is 0 Å². The van der Waals surface area contributed by atoms with Gasteiger partial charge in [0.2, 0.25) is 0 Å². The van der Waals surface area contributed by atoms with E-state index in [1.54, 1.807) is 24.4 Å². The van der Waals surface area contributed by atoms with Gasteiger partial charge in [-0.05, 0) is 31.2 Å². The van der Waals surface area contributed by atoms with Gasteiger partial charge in [0.1, 0.15) is 5.82 Å². The molecule has 0 atom stereocenters. The standard InChI is InChI=1S/C14H12N4O/c1-9-4-6-10(7-5-9)14(19)16-13-11-3-2-8-15-12(11)17-18-13/h2-8H,1H3,(H2,15,16,17,18,19). The number of carbonyl (C=O) groups is 1. The van der Waals surface area contributed by atoms with Gasteiger partial charge in [-0.1, -0.05) is 17.7 Å². The van der Waals surface area contributed by atoms with Crippen molar-refractivity contribution in [2.75, 3.05) is 5.32 Å². The van der Waals surface area contributed by atoms with E-state index in [-0.39, 0.29) is 5.91 Å². The minimum atomic E-state index is -0.172. The Morgan fingerprint density at radius 1 is 1.21 bits per heavy atom. The van der Waals surface area contributed by atoms with Crippen LogP contribution in [-0.4, -0.2) is 21.1 Å². The van der Waals surface area contributed by atoms with Crippen molar-refractivity contribution < 1.29 is 4.79 Å². The number of aromatic nitrogens is 3. The number of pyridine rings is 1. The SMILES string of the molecule is Cc1ccc(C(=O)Nc2[nH]nc3ncccc23)cc1. The molecule has 0 aliphatic heterocycles. The zero-order valence-electron chi connectivity index (χ0n) is 10.3. The van der Waals surface area contributed by atoms with Gasteiger partial charge in [0, 0.05) is 11.8 Å². The highest BCUT2D eigenvalue weighted by atomic mass is 16.1. The molecular formula is C14H12N4O. The number of amides is 1. The van der Waals surface area contributed by atoms with Crippen LogP contribution in [0, 0.1) is 6.92 Å². The van der Waals surface area contributed by atoms with Gasteiger partial charge in [0.05, 0.1) is 5.39 Å². The second-order valence-electron chi connectivity index (χ2n) is 4.29. The van der Waals surface area contributed by atoms with Crippen molar-refractivity contribution >= 4 is 22.8 Å². The van der Waals surface area contributed by atoms with E-state index in [1.165, 1.54) is 0 Å². The van der Waals surface area contributed by atoms with Crippen LogP contribution < -0.4 is 5.32 Å². The normalized spacial score (nSPS) is 10.6. The molecule has 0 aliphatic rings. The molecule has 94 valence electrons. The topological polar surface area (TPSA) is 70.7 Å². The number of carbonyl (C=O) groups excluding carboxylic acids is 1. The second-order valence-corrected chi connectivity index (χ2v) is 4.29. The molecule has 19 heavy (non-hydrogen) atoms. The highest BCUT2D eigenvalue weighted by molar-refractivity contribution is 6.07. The van der Waals surface area contributed by atoms with Crippen LogP contribution in [0.5, 0.6) is 0 Å². The van der Waals surface area contributed by atoms with Crippen molar-refractivity contribution in [2.45, 2.75) is 6.92 Å². The number of H-pyrrole nitrogens is 1. The molecule has 0 unspecified atom stereocenters. The number of hydrogen-bond donors (Lipinski definition) is 2. The zero-order chi connectivity index (χ0) is 13.2. The Morgan fingerprint density at radius 3 is 2.79 bits per heavy atom. The smallest absolute Gasteiger partial charge is 0.256 e. The van der Waals surface area contributed by atoms with E-state index in [2.05, 4.69) is 20.5 Å². The molecule has 0 radical (unpaired) electrons. The predicted molar refractivity (Wildman–Crippen MR) is 73.0 cm³/mol. The van der Waals surface area contributed by atoms with Crippen LogP contribution in [0.1, 0.15) is 15.9 Å². The molecule has 3 rings (SSSR count). The molecule has 0 saturated carbocycles. The van der Waals surface area contributed by atoms with E-state index in [0.717, 1.165) is 10.9 Å². The average molecular weight is 252 g/mol. The molecule has 1 amide bonds. The number of nitrogens with one attached hydrogen (secondary N) is 2. The molecule has 5 nitrogen and oxygen atoms in total. The van der Waals surface area contributed by atoms with Gasteiger partial charge in [0.15, 0.2) is 5.65 Å². The molecule has 5 heteroatoms. The van der Waals surface area contributed by atoms with Crippen molar-refractivity contribution in [3.05, 3.63) is 53.7 Å². The van der Waals surface area contributed by atoms with Crippen LogP contribution in [0.3, 0.4) is 0 Å². The van der Waals surface area contributed by atoms with Crippen molar-refractivity contribution in [3.8, 4) is 0 Å². The van der Waals surface area contributed by atoms with Gasteiger partial charge < -0.3 is 5.32 Å². The monoisotopic (exact) mass is 252 g/mol. The van der Waals surface area contributed by atoms with Crippen molar-refractivity contribution in [2.24, 2.45) is 0 Å². The zero-order valence-corrected chi connectivity index (χ0v) is 10.3. The summed E-state index contributed by atoms with van der Waals surface area (Å²) in [6.45, 7) is 1.98. The summed E-state index contributed by atoms with van der Waals surface area (Å²) in [6, 6.07) is 11.1. The van der Waals surface area contributed by atoms with Crippen LogP contribution in [0.4, 0.5) is 5.82 Å². The first-order valence-electron chi connectivity index (χ1n) is 5.91. The van der Waals surface area contributed by atoms with Gasteiger partial charge in [-0.3, -0.25) is 9.89 Å². The summed E-state index contributed by atoms with van der Waals surface area (Å²) in [4.78, 5) is 16.2. The lowest BCUT2D eigenvalue weighted by molar-refractivity contribution is 0.102. The fourth-order valence-corrected chi connectivity index (χ4v) is 1.84. The van der Waals surface area contributed by atoms with E-state index in [0.29, 0.717) is 17.0 Å². The molecule has 2 heterocycles. The quantitative estimate of drug-likeness (QED) is 0.736. The van der Waals surface area contributed by atoms with E-state index in [9.17, 15) is 4.79 Å². The molecule has 0 fully saturated rings. The minimum absolute atomic E-state index is 0.172. The minimum Gasteiger partial charge on any atom is -0.306 e. The van der Waals surface area contributed by atoms with Gasteiger partial charge in [-0.2, -0.15) is 5.10 Å². The lowest BCUT2D eigenvalue weighted by atomic mass is 10.1. The third-order valence-corrected chi connectivity index (χ3v) is 2.88. The summed E-state index contributed by atoms with van der Waals surface area (Å²) in [6.07, 6.45) is 1.66. The van der Waals surface area contributed by atoms with Gasteiger partial charge in [0.25, 0.3) is 5.91 Å². The molecule has 0 aliphatic carbocycles. The Morgan fingerprint density at radius 2 is 2.00 bits per heavy atom. The van der Waals surface area contributed by atoms with E-state index in [1.807, 2.05) is 25.1 Å². The number of hydrogen-bond acceptors (Lipinski definition) is 3. The van der Waals surface area contributed by atoms with Crippen molar-refractivity contribution in [3.63, 3.8) is 0 Å². The molecule has 0 saturated heterocycles. The third-order valence-electron chi connectivity index (χ3n) is 2.88. The molecule has 2 aromatic heterocycles. The third kappa shape index (κ3) is 2.18. The largest absolute Gasteiger partial charge is 0.306 e. The summed E-state index contributed by atoms with van der Waals surface area (Å²) in [5, 5.41) is 10.4. The maximum atomic E-state index is 12.1. The molecule has 0 bridgehead atoms. The Bertz CT molecular complexity index is 731. The number of benzene rings is 1. The highest BCUT2D eigenvalue weighted by Crippen LogP contribution is 2.18. The molecule has 0 spiro atoms. The first-order chi connectivity index (χ1) is 9.24. The van der Waals surface area contributed by atoms with Crippen molar-refractivity contribution in [1.82, 2.24) is 15.2 Å². The number of nitrogens with zero attached hydrogens (tertiary/aromatic N) is 2. The number of fused-ring (bicyclic) bond motifs is 1. The first-order valence-corrected chi connectivity index (χ1v) is 5.91. The fourth-order valence-electron chi connectivity index (χ4n) is 1.84. The molecular weight excluding hydrogens is 240 g/mol. The summed E-state index contributed by atoms with van der Waals surface area (Å²) < 4.78 is 0. The molecule has 3 aromatic rings. The van der Waals surface area contributed by atoms with E-state index in [4.69, 9.17) is 0 Å². The lowest BCUT2D eigenvalue weighted by Crippen LogP contribution is -2.12. The molecule has 2 N–H and O–H groups in total. The average Bonchev–Trinajstić information content (AvgIpc) is 2.83. The number of aryl methyl sites for hydroxylation is 1. The number of rotatable bonds is 2. The Labute approximate surface area is 109 Å². The lowest BCUT2D eigenvalue weighted by Gasteiger charge is -2.03. The maximum absolute atomic E-state index is 12.1. The predicted octanol–water partition coefficient (Wildman–Crippen LogP) is 2.52. The number of aromatic amines is 1. The Balaban J connectivity index is 1.89. The van der Waals surface area contributed by atoms with Crippen LogP contribution >= 0.6 is 0 Å². The van der Waals surface area contributed by atoms with Crippen LogP contribution in [0.15, 0.2) is 42.6 Å². The summed E-state index contributed by atoms with van der Waals surface area (Å²) in [5.74, 6) is 0.392. The Hall–Kier alpha value is -2.69. The number of anilines is 1. The highest BCUT2D eigenvalue weighted by Gasteiger charge is 2.10. The van der Waals surface area contributed by atoms with E-state index >= 15 is 0 Å². The van der Waals surface area contributed by atoms with Gasteiger partial charge in [-0.25, -0.2) is 4.98 Å². The summed E-state index contributed by atoms with van der Waals surface area (Å²) in [5.41, 5.74) is 2.31. The maximum Gasteiger partial charge on any atom is 0.256 e. The summed E-state index contributed by atoms with van der Waals surface area (Å²) in [7, 11) is 0. The second kappa shape index (κ2) is 4.53. The van der Waals surface area contributed by atoms with Crippen molar-refractivity contribution in [1.29, 1.82) is 0 Å². The summed E-state index contributed by atoms with van der Waals surface area (Å²) >= 11 is 0.